The van der Waals surface area contributed by atoms with Crippen molar-refractivity contribution < 1.29 is 4.74 Å². The molecule has 0 atom stereocenters. The molecule has 0 spiro atoms. The van der Waals surface area contributed by atoms with E-state index in [0.717, 1.165) is 17.1 Å². The number of hydrogen-bond donors (Lipinski definition) is 2. The number of aliphatic imine (C=N–C) groups is 1. The van der Waals surface area contributed by atoms with Crippen LogP contribution >= 0.6 is 12.4 Å². The van der Waals surface area contributed by atoms with Crippen molar-refractivity contribution in [2.24, 2.45) is 16.5 Å². The predicted molar refractivity (Wildman–Crippen MR) is 79.7 cm³/mol. The van der Waals surface area contributed by atoms with Crippen LogP contribution in [0.3, 0.4) is 0 Å². The standard InChI is InChI=1S/C14H15N3O.ClH/c15-14(16)17-10-11-5-4-8-13(9-11)18-12-6-2-1-3-7-12;/h1-9H,10H2,(H4,15,16,17);1H. The highest BCUT2D eigenvalue weighted by molar-refractivity contribution is 5.85. The second-order valence-corrected chi connectivity index (χ2v) is 3.80. The average molecular weight is 278 g/mol. The van der Waals surface area contributed by atoms with E-state index >= 15 is 0 Å². The van der Waals surface area contributed by atoms with Crippen LogP contribution in [0, 0.1) is 0 Å². The minimum atomic E-state index is 0. The van der Waals surface area contributed by atoms with E-state index < -0.39 is 0 Å². The summed E-state index contributed by atoms with van der Waals surface area (Å²) in [6.45, 7) is 0.453. The van der Waals surface area contributed by atoms with Gasteiger partial charge in [0.25, 0.3) is 0 Å². The number of ether oxygens (including phenoxy) is 1. The van der Waals surface area contributed by atoms with E-state index in [9.17, 15) is 0 Å². The molecule has 0 bridgehead atoms. The fraction of sp³-hybridized carbons (Fsp3) is 0.0714. The van der Waals surface area contributed by atoms with Crippen molar-refractivity contribution >= 4 is 18.4 Å². The summed E-state index contributed by atoms with van der Waals surface area (Å²) < 4.78 is 5.71. The van der Waals surface area contributed by atoms with Crippen LogP contribution in [0.5, 0.6) is 11.5 Å². The van der Waals surface area contributed by atoms with Crippen molar-refractivity contribution in [3.63, 3.8) is 0 Å². The van der Waals surface area contributed by atoms with E-state index in [2.05, 4.69) is 4.99 Å². The zero-order valence-corrected chi connectivity index (χ0v) is 11.1. The summed E-state index contributed by atoms with van der Waals surface area (Å²) in [5.41, 5.74) is 11.6. The second kappa shape index (κ2) is 7.28. The largest absolute Gasteiger partial charge is 0.457 e. The number of rotatable bonds is 4. The highest BCUT2D eigenvalue weighted by Crippen LogP contribution is 2.21. The lowest BCUT2D eigenvalue weighted by molar-refractivity contribution is 0.482. The number of para-hydroxylation sites is 1. The first-order chi connectivity index (χ1) is 8.74. The van der Waals surface area contributed by atoms with E-state index in [4.69, 9.17) is 16.2 Å². The van der Waals surface area contributed by atoms with Gasteiger partial charge in [-0.1, -0.05) is 30.3 Å². The Labute approximate surface area is 118 Å². The highest BCUT2D eigenvalue weighted by Gasteiger charge is 1.98. The summed E-state index contributed by atoms with van der Waals surface area (Å²) >= 11 is 0. The normalized spacial score (nSPS) is 9.26. The third-order valence-corrected chi connectivity index (χ3v) is 2.32. The zero-order valence-electron chi connectivity index (χ0n) is 10.3. The molecular formula is C14H16ClN3O. The molecular weight excluding hydrogens is 262 g/mol. The summed E-state index contributed by atoms with van der Waals surface area (Å²) in [4.78, 5) is 3.96. The third-order valence-electron chi connectivity index (χ3n) is 2.32. The lowest BCUT2D eigenvalue weighted by atomic mass is 10.2. The summed E-state index contributed by atoms with van der Waals surface area (Å²) in [6, 6.07) is 17.3. The van der Waals surface area contributed by atoms with Crippen molar-refractivity contribution in [3.8, 4) is 11.5 Å². The van der Waals surface area contributed by atoms with Gasteiger partial charge >= 0.3 is 0 Å². The van der Waals surface area contributed by atoms with Crippen molar-refractivity contribution in [2.45, 2.75) is 6.54 Å². The molecule has 19 heavy (non-hydrogen) atoms. The molecule has 0 amide bonds. The van der Waals surface area contributed by atoms with Gasteiger partial charge in [0.1, 0.15) is 11.5 Å². The Morgan fingerprint density at radius 1 is 0.947 bits per heavy atom. The molecule has 2 rings (SSSR count). The molecule has 2 aromatic carbocycles. The summed E-state index contributed by atoms with van der Waals surface area (Å²) in [5.74, 6) is 1.66. The summed E-state index contributed by atoms with van der Waals surface area (Å²) in [6.07, 6.45) is 0. The van der Waals surface area contributed by atoms with E-state index in [1.165, 1.54) is 0 Å². The topological polar surface area (TPSA) is 73.6 Å². The number of benzene rings is 2. The maximum atomic E-state index is 5.71. The molecule has 0 saturated heterocycles. The van der Waals surface area contributed by atoms with Gasteiger partial charge in [0.2, 0.25) is 0 Å². The first kappa shape index (κ1) is 14.9. The molecule has 0 aromatic heterocycles. The smallest absolute Gasteiger partial charge is 0.186 e. The Bertz CT molecular complexity index is 539. The van der Waals surface area contributed by atoms with E-state index in [1.807, 2.05) is 54.6 Å². The first-order valence-electron chi connectivity index (χ1n) is 5.61. The van der Waals surface area contributed by atoms with Crippen LogP contribution in [0.2, 0.25) is 0 Å². The molecule has 5 heteroatoms. The molecule has 4 N–H and O–H groups in total. The van der Waals surface area contributed by atoms with Crippen LogP contribution < -0.4 is 16.2 Å². The van der Waals surface area contributed by atoms with Crippen molar-refractivity contribution in [3.05, 3.63) is 60.2 Å². The highest BCUT2D eigenvalue weighted by atomic mass is 35.5. The van der Waals surface area contributed by atoms with Gasteiger partial charge in [0.05, 0.1) is 6.54 Å². The molecule has 0 aliphatic rings. The molecule has 0 aliphatic heterocycles. The monoisotopic (exact) mass is 277 g/mol. The van der Waals surface area contributed by atoms with Gasteiger partial charge in [-0.15, -0.1) is 12.4 Å². The van der Waals surface area contributed by atoms with Crippen LogP contribution in [0.15, 0.2) is 59.6 Å². The molecule has 0 unspecified atom stereocenters. The molecule has 0 aliphatic carbocycles. The van der Waals surface area contributed by atoms with Crippen LogP contribution in [-0.4, -0.2) is 5.96 Å². The molecule has 0 fully saturated rings. The average Bonchev–Trinajstić information content (AvgIpc) is 2.38. The van der Waals surface area contributed by atoms with Crippen molar-refractivity contribution in [1.82, 2.24) is 0 Å². The van der Waals surface area contributed by atoms with E-state index in [0.29, 0.717) is 6.54 Å². The Hall–Kier alpha value is -2.20. The number of hydrogen-bond acceptors (Lipinski definition) is 2. The fourth-order valence-corrected chi connectivity index (χ4v) is 1.51. The quantitative estimate of drug-likeness (QED) is 0.666. The van der Waals surface area contributed by atoms with Gasteiger partial charge in [-0.25, -0.2) is 4.99 Å². The van der Waals surface area contributed by atoms with Crippen LogP contribution in [-0.2, 0) is 6.54 Å². The first-order valence-corrected chi connectivity index (χ1v) is 5.61. The van der Waals surface area contributed by atoms with Crippen LogP contribution in [0.4, 0.5) is 0 Å². The minimum Gasteiger partial charge on any atom is -0.457 e. The second-order valence-electron chi connectivity index (χ2n) is 3.80. The molecule has 0 radical (unpaired) electrons. The Morgan fingerprint density at radius 3 is 2.32 bits per heavy atom. The van der Waals surface area contributed by atoms with Gasteiger partial charge in [-0.2, -0.15) is 0 Å². The molecule has 100 valence electrons. The fourth-order valence-electron chi connectivity index (χ4n) is 1.51. The molecule has 4 nitrogen and oxygen atoms in total. The van der Waals surface area contributed by atoms with E-state index in [1.54, 1.807) is 0 Å². The van der Waals surface area contributed by atoms with Crippen LogP contribution in [0.25, 0.3) is 0 Å². The van der Waals surface area contributed by atoms with Gasteiger partial charge < -0.3 is 16.2 Å². The SMILES string of the molecule is Cl.NC(N)=NCc1cccc(Oc2ccccc2)c1. The number of guanidine groups is 1. The molecule has 0 saturated carbocycles. The molecule has 0 heterocycles. The summed E-state index contributed by atoms with van der Waals surface area (Å²) in [5, 5.41) is 0. The Morgan fingerprint density at radius 2 is 1.63 bits per heavy atom. The van der Waals surface area contributed by atoms with Crippen molar-refractivity contribution in [1.29, 1.82) is 0 Å². The minimum absolute atomic E-state index is 0. The maximum absolute atomic E-state index is 5.71. The Kier molecular flexibility index (Phi) is 5.70. The number of nitrogens with zero attached hydrogens (tertiary/aromatic N) is 1. The number of halogens is 1. The summed E-state index contributed by atoms with van der Waals surface area (Å²) in [7, 11) is 0. The maximum Gasteiger partial charge on any atom is 0.186 e. The van der Waals surface area contributed by atoms with Gasteiger partial charge in [0.15, 0.2) is 5.96 Å². The Balaban J connectivity index is 0.00000180. The van der Waals surface area contributed by atoms with Crippen LogP contribution in [0.1, 0.15) is 5.56 Å². The van der Waals surface area contributed by atoms with Crippen molar-refractivity contribution in [2.75, 3.05) is 0 Å². The lowest BCUT2D eigenvalue weighted by Gasteiger charge is -2.06. The predicted octanol–water partition coefficient (Wildman–Crippen LogP) is 2.67. The van der Waals surface area contributed by atoms with Gasteiger partial charge in [-0.3, -0.25) is 0 Å². The number of nitrogens with two attached hydrogens (primary N) is 2. The van der Waals surface area contributed by atoms with Gasteiger partial charge in [-0.05, 0) is 29.8 Å². The lowest BCUT2D eigenvalue weighted by Crippen LogP contribution is -2.22. The molecule has 2 aromatic rings. The van der Waals surface area contributed by atoms with E-state index in [-0.39, 0.29) is 18.4 Å². The van der Waals surface area contributed by atoms with Gasteiger partial charge in [0, 0.05) is 0 Å². The third kappa shape index (κ3) is 4.89. The zero-order chi connectivity index (χ0) is 12.8.